The van der Waals surface area contributed by atoms with E-state index in [1.54, 1.807) is 24.3 Å². The fourth-order valence-corrected chi connectivity index (χ4v) is 4.35. The molecule has 0 aliphatic heterocycles. The first kappa shape index (κ1) is 21.3. The standard InChI is InChI=1S/C26H22N2O3S/c1-19-9-11-20(12-10-19)13-18-26(29)27-22-14-16-23(17-15-22)32(30,31)28-25-8-4-6-21-5-2-3-7-24(21)25/h2-18,28H,1H3,(H,27,29)/b18-13+. The molecule has 2 N–H and O–H groups in total. The highest BCUT2D eigenvalue weighted by Crippen LogP contribution is 2.26. The van der Waals surface area contributed by atoms with Crippen LogP contribution in [0.15, 0.2) is 102 Å². The Balaban J connectivity index is 1.45. The number of benzene rings is 4. The third-order valence-corrected chi connectivity index (χ3v) is 6.35. The van der Waals surface area contributed by atoms with Crippen molar-refractivity contribution in [2.24, 2.45) is 0 Å². The van der Waals surface area contributed by atoms with Gasteiger partial charge in [0.2, 0.25) is 5.91 Å². The minimum atomic E-state index is -3.78. The maximum absolute atomic E-state index is 12.9. The first-order valence-corrected chi connectivity index (χ1v) is 11.6. The minimum absolute atomic E-state index is 0.110. The summed E-state index contributed by atoms with van der Waals surface area (Å²) in [6, 6.07) is 26.9. The molecule has 0 bridgehead atoms. The highest BCUT2D eigenvalue weighted by Gasteiger charge is 2.15. The van der Waals surface area contributed by atoms with Crippen molar-refractivity contribution in [3.8, 4) is 0 Å². The number of fused-ring (bicyclic) bond motifs is 1. The Kier molecular flexibility index (Phi) is 6.05. The van der Waals surface area contributed by atoms with Gasteiger partial charge in [-0.05, 0) is 54.3 Å². The molecule has 0 heterocycles. The molecule has 32 heavy (non-hydrogen) atoms. The van der Waals surface area contributed by atoms with Gasteiger partial charge in [0.05, 0.1) is 10.6 Å². The maximum atomic E-state index is 12.9. The summed E-state index contributed by atoms with van der Waals surface area (Å²) in [5.74, 6) is -0.296. The zero-order valence-electron chi connectivity index (χ0n) is 17.4. The highest BCUT2D eigenvalue weighted by atomic mass is 32.2. The second-order valence-corrected chi connectivity index (χ2v) is 9.07. The number of aryl methyl sites for hydroxylation is 1. The molecular weight excluding hydrogens is 420 g/mol. The molecule has 1 amide bonds. The van der Waals surface area contributed by atoms with E-state index in [9.17, 15) is 13.2 Å². The van der Waals surface area contributed by atoms with Crippen molar-refractivity contribution >= 4 is 44.2 Å². The van der Waals surface area contributed by atoms with Crippen LogP contribution in [0.5, 0.6) is 0 Å². The van der Waals surface area contributed by atoms with Gasteiger partial charge in [-0.25, -0.2) is 8.42 Å². The van der Waals surface area contributed by atoms with Crippen LogP contribution in [0.4, 0.5) is 11.4 Å². The Bertz CT molecular complexity index is 1390. The van der Waals surface area contributed by atoms with Crippen molar-refractivity contribution in [1.29, 1.82) is 0 Å². The zero-order valence-corrected chi connectivity index (χ0v) is 18.3. The Morgan fingerprint density at radius 1 is 0.812 bits per heavy atom. The summed E-state index contributed by atoms with van der Waals surface area (Å²) in [5.41, 5.74) is 3.10. The Morgan fingerprint density at radius 3 is 2.25 bits per heavy atom. The number of rotatable bonds is 6. The van der Waals surface area contributed by atoms with Gasteiger partial charge in [0.25, 0.3) is 10.0 Å². The van der Waals surface area contributed by atoms with Gasteiger partial charge in [-0.15, -0.1) is 0 Å². The number of hydrogen-bond donors (Lipinski definition) is 2. The van der Waals surface area contributed by atoms with Crippen LogP contribution in [0.2, 0.25) is 0 Å². The number of anilines is 2. The lowest BCUT2D eigenvalue weighted by atomic mass is 10.1. The van der Waals surface area contributed by atoms with Crippen molar-refractivity contribution in [3.05, 3.63) is 108 Å². The fourth-order valence-electron chi connectivity index (χ4n) is 3.27. The van der Waals surface area contributed by atoms with Crippen molar-refractivity contribution in [2.75, 3.05) is 10.0 Å². The lowest BCUT2D eigenvalue weighted by Gasteiger charge is -2.11. The molecule has 0 radical (unpaired) electrons. The normalized spacial score (nSPS) is 11.5. The number of carbonyl (C=O) groups excluding carboxylic acids is 1. The quantitative estimate of drug-likeness (QED) is 0.382. The lowest BCUT2D eigenvalue weighted by Crippen LogP contribution is -2.13. The van der Waals surface area contributed by atoms with Crippen LogP contribution in [0.3, 0.4) is 0 Å². The number of amides is 1. The van der Waals surface area contributed by atoms with Crippen LogP contribution < -0.4 is 10.0 Å². The predicted octanol–water partition coefficient (Wildman–Crippen LogP) is 5.60. The van der Waals surface area contributed by atoms with Gasteiger partial charge in [0.15, 0.2) is 0 Å². The molecule has 0 saturated heterocycles. The van der Waals surface area contributed by atoms with E-state index in [1.807, 2.05) is 67.6 Å². The Morgan fingerprint density at radius 2 is 1.50 bits per heavy atom. The van der Waals surface area contributed by atoms with Crippen molar-refractivity contribution in [3.63, 3.8) is 0 Å². The zero-order chi connectivity index (χ0) is 22.6. The fraction of sp³-hybridized carbons (Fsp3) is 0.0385. The summed E-state index contributed by atoms with van der Waals surface area (Å²) >= 11 is 0. The van der Waals surface area contributed by atoms with Gasteiger partial charge in [0, 0.05) is 17.1 Å². The van der Waals surface area contributed by atoms with E-state index in [-0.39, 0.29) is 10.8 Å². The van der Waals surface area contributed by atoms with E-state index in [1.165, 1.54) is 18.2 Å². The van der Waals surface area contributed by atoms with E-state index in [0.717, 1.165) is 21.9 Å². The van der Waals surface area contributed by atoms with Gasteiger partial charge >= 0.3 is 0 Å². The highest BCUT2D eigenvalue weighted by molar-refractivity contribution is 7.92. The third kappa shape index (κ3) is 5.04. The monoisotopic (exact) mass is 442 g/mol. The summed E-state index contributed by atoms with van der Waals surface area (Å²) in [7, 11) is -3.78. The number of hydrogen-bond acceptors (Lipinski definition) is 3. The Labute approximate surface area is 187 Å². The number of sulfonamides is 1. The molecule has 160 valence electrons. The molecule has 6 heteroatoms. The number of nitrogens with one attached hydrogen (secondary N) is 2. The van der Waals surface area contributed by atoms with Crippen LogP contribution >= 0.6 is 0 Å². The molecular formula is C26H22N2O3S. The van der Waals surface area contributed by atoms with Gasteiger partial charge in [-0.3, -0.25) is 9.52 Å². The average Bonchev–Trinajstić information content (AvgIpc) is 2.79. The summed E-state index contributed by atoms with van der Waals surface area (Å²) in [6.45, 7) is 2.00. The van der Waals surface area contributed by atoms with E-state index >= 15 is 0 Å². The van der Waals surface area contributed by atoms with Crippen LogP contribution in [0.1, 0.15) is 11.1 Å². The van der Waals surface area contributed by atoms with Crippen molar-refractivity contribution in [2.45, 2.75) is 11.8 Å². The summed E-state index contributed by atoms with van der Waals surface area (Å²) in [4.78, 5) is 12.3. The van der Waals surface area contributed by atoms with E-state index in [2.05, 4.69) is 10.0 Å². The molecule has 5 nitrogen and oxygen atoms in total. The SMILES string of the molecule is Cc1ccc(/C=C/C(=O)Nc2ccc(S(=O)(=O)Nc3cccc4ccccc34)cc2)cc1. The topological polar surface area (TPSA) is 75.3 Å². The Hall–Kier alpha value is -3.90. The van der Waals surface area contributed by atoms with Crippen LogP contribution in [0, 0.1) is 6.92 Å². The van der Waals surface area contributed by atoms with Gasteiger partial charge in [0.1, 0.15) is 0 Å². The molecule has 0 aliphatic rings. The molecule has 4 aromatic rings. The van der Waals surface area contributed by atoms with Crippen LogP contribution in [-0.4, -0.2) is 14.3 Å². The number of carbonyl (C=O) groups is 1. The first-order valence-electron chi connectivity index (χ1n) is 10.1. The molecule has 4 rings (SSSR count). The smallest absolute Gasteiger partial charge is 0.261 e. The average molecular weight is 443 g/mol. The molecule has 4 aromatic carbocycles. The van der Waals surface area contributed by atoms with Gasteiger partial charge in [-0.2, -0.15) is 0 Å². The molecule has 0 aromatic heterocycles. The van der Waals surface area contributed by atoms with Gasteiger partial charge < -0.3 is 5.32 Å². The van der Waals surface area contributed by atoms with Crippen LogP contribution in [-0.2, 0) is 14.8 Å². The van der Waals surface area contributed by atoms with Crippen LogP contribution in [0.25, 0.3) is 16.8 Å². The molecule has 0 spiro atoms. The molecule has 0 aliphatic carbocycles. The maximum Gasteiger partial charge on any atom is 0.261 e. The minimum Gasteiger partial charge on any atom is -0.323 e. The summed E-state index contributed by atoms with van der Waals surface area (Å²) < 4.78 is 28.4. The predicted molar refractivity (Wildman–Crippen MR) is 130 cm³/mol. The van der Waals surface area contributed by atoms with E-state index < -0.39 is 10.0 Å². The van der Waals surface area contributed by atoms with Gasteiger partial charge in [-0.1, -0.05) is 66.2 Å². The second kappa shape index (κ2) is 9.08. The lowest BCUT2D eigenvalue weighted by molar-refractivity contribution is -0.111. The van der Waals surface area contributed by atoms with Crippen molar-refractivity contribution in [1.82, 2.24) is 0 Å². The third-order valence-electron chi connectivity index (χ3n) is 4.97. The summed E-state index contributed by atoms with van der Waals surface area (Å²) in [6.07, 6.45) is 3.17. The molecule has 0 atom stereocenters. The van der Waals surface area contributed by atoms with Crippen molar-refractivity contribution < 1.29 is 13.2 Å². The second-order valence-electron chi connectivity index (χ2n) is 7.39. The first-order chi connectivity index (χ1) is 15.4. The molecule has 0 unspecified atom stereocenters. The molecule has 0 saturated carbocycles. The molecule has 0 fully saturated rings. The van der Waals surface area contributed by atoms with E-state index in [0.29, 0.717) is 11.4 Å². The van der Waals surface area contributed by atoms with E-state index in [4.69, 9.17) is 0 Å². The summed E-state index contributed by atoms with van der Waals surface area (Å²) in [5, 5.41) is 4.51. The largest absolute Gasteiger partial charge is 0.323 e.